The van der Waals surface area contributed by atoms with Crippen molar-refractivity contribution in [1.82, 2.24) is 0 Å². The van der Waals surface area contributed by atoms with Gasteiger partial charge in [0.2, 0.25) is 0 Å². The van der Waals surface area contributed by atoms with E-state index in [9.17, 15) is 14.3 Å². The SMILES string of the molecule is O=C(C=Cc1ccc(O)cc1O)OCc1ccc(F)cc1. The minimum atomic E-state index is -0.591. The number of carbonyl (C=O) groups excluding carboxylic acids is 1. The highest BCUT2D eigenvalue weighted by molar-refractivity contribution is 5.87. The van der Waals surface area contributed by atoms with Crippen LogP contribution >= 0.6 is 0 Å². The van der Waals surface area contributed by atoms with Crippen LogP contribution in [0.5, 0.6) is 11.5 Å². The van der Waals surface area contributed by atoms with Gasteiger partial charge in [-0.25, -0.2) is 9.18 Å². The minimum absolute atomic E-state index is 0.0328. The molecule has 0 atom stereocenters. The van der Waals surface area contributed by atoms with Gasteiger partial charge in [0, 0.05) is 17.7 Å². The first-order valence-electron chi connectivity index (χ1n) is 6.16. The van der Waals surface area contributed by atoms with E-state index in [0.717, 1.165) is 6.08 Å². The van der Waals surface area contributed by atoms with Gasteiger partial charge in [0.05, 0.1) is 0 Å². The third-order valence-corrected chi connectivity index (χ3v) is 2.71. The predicted molar refractivity (Wildman–Crippen MR) is 75.0 cm³/mol. The van der Waals surface area contributed by atoms with Crippen molar-refractivity contribution in [3.63, 3.8) is 0 Å². The van der Waals surface area contributed by atoms with Gasteiger partial charge in [0.1, 0.15) is 23.9 Å². The Morgan fingerprint density at radius 1 is 1.14 bits per heavy atom. The zero-order chi connectivity index (χ0) is 15.2. The maximum absolute atomic E-state index is 12.7. The molecule has 2 rings (SSSR count). The first kappa shape index (κ1) is 14.6. The van der Waals surface area contributed by atoms with E-state index in [2.05, 4.69) is 0 Å². The van der Waals surface area contributed by atoms with E-state index in [-0.39, 0.29) is 23.9 Å². The van der Waals surface area contributed by atoms with E-state index >= 15 is 0 Å². The molecule has 2 aromatic carbocycles. The summed E-state index contributed by atoms with van der Waals surface area (Å²) >= 11 is 0. The molecular weight excluding hydrogens is 275 g/mol. The highest BCUT2D eigenvalue weighted by atomic mass is 19.1. The van der Waals surface area contributed by atoms with Crippen LogP contribution in [-0.4, -0.2) is 16.2 Å². The van der Waals surface area contributed by atoms with Crippen LogP contribution < -0.4 is 0 Å². The second-order valence-corrected chi connectivity index (χ2v) is 4.31. The third kappa shape index (κ3) is 4.35. The number of hydrogen-bond acceptors (Lipinski definition) is 4. The van der Waals surface area contributed by atoms with Gasteiger partial charge in [-0.05, 0) is 35.9 Å². The largest absolute Gasteiger partial charge is 0.508 e. The normalized spacial score (nSPS) is 10.7. The smallest absolute Gasteiger partial charge is 0.331 e. The van der Waals surface area contributed by atoms with Gasteiger partial charge in [-0.2, -0.15) is 0 Å². The van der Waals surface area contributed by atoms with Crippen molar-refractivity contribution in [2.45, 2.75) is 6.61 Å². The number of aromatic hydroxyl groups is 2. The number of ether oxygens (including phenoxy) is 1. The van der Waals surface area contributed by atoms with Gasteiger partial charge in [-0.3, -0.25) is 0 Å². The van der Waals surface area contributed by atoms with E-state index in [1.807, 2.05) is 0 Å². The summed E-state index contributed by atoms with van der Waals surface area (Å²) in [6.07, 6.45) is 2.54. The maximum Gasteiger partial charge on any atom is 0.331 e. The molecule has 0 saturated carbocycles. The van der Waals surface area contributed by atoms with Crippen molar-refractivity contribution in [3.8, 4) is 11.5 Å². The summed E-state index contributed by atoms with van der Waals surface area (Å²) in [6.45, 7) is 0.0328. The molecule has 108 valence electrons. The Balaban J connectivity index is 1.92. The summed E-state index contributed by atoms with van der Waals surface area (Å²) in [5.74, 6) is -1.15. The molecule has 0 saturated heterocycles. The van der Waals surface area contributed by atoms with Crippen molar-refractivity contribution in [2.75, 3.05) is 0 Å². The molecule has 0 fully saturated rings. The van der Waals surface area contributed by atoms with Crippen LogP contribution in [-0.2, 0) is 16.1 Å². The summed E-state index contributed by atoms with van der Waals surface area (Å²) in [7, 11) is 0. The number of rotatable bonds is 4. The molecular formula is C16H13FO4. The van der Waals surface area contributed by atoms with Gasteiger partial charge in [0.25, 0.3) is 0 Å². The van der Waals surface area contributed by atoms with Gasteiger partial charge in [0.15, 0.2) is 0 Å². The van der Waals surface area contributed by atoms with Crippen LogP contribution in [0.3, 0.4) is 0 Å². The van der Waals surface area contributed by atoms with E-state index in [4.69, 9.17) is 9.84 Å². The quantitative estimate of drug-likeness (QED) is 0.670. The summed E-state index contributed by atoms with van der Waals surface area (Å²) in [5, 5.41) is 18.7. The molecule has 0 heterocycles. The van der Waals surface area contributed by atoms with Crippen LogP contribution in [0.1, 0.15) is 11.1 Å². The van der Waals surface area contributed by atoms with E-state index < -0.39 is 5.97 Å². The Kier molecular flexibility index (Phi) is 4.56. The second-order valence-electron chi connectivity index (χ2n) is 4.31. The van der Waals surface area contributed by atoms with Crippen LogP contribution in [0.25, 0.3) is 6.08 Å². The standard InChI is InChI=1S/C16H13FO4/c17-13-5-1-11(2-6-13)10-21-16(20)8-4-12-3-7-14(18)9-15(12)19/h1-9,18-19H,10H2. The predicted octanol–water partition coefficient (Wildman–Crippen LogP) is 2.99. The molecule has 0 amide bonds. The summed E-state index contributed by atoms with van der Waals surface area (Å²) in [4.78, 5) is 11.5. The Morgan fingerprint density at radius 2 is 1.86 bits per heavy atom. The highest BCUT2D eigenvalue weighted by Gasteiger charge is 2.02. The van der Waals surface area contributed by atoms with Gasteiger partial charge >= 0.3 is 5.97 Å². The zero-order valence-corrected chi connectivity index (χ0v) is 11.0. The molecule has 0 aliphatic carbocycles. The highest BCUT2D eigenvalue weighted by Crippen LogP contribution is 2.23. The van der Waals surface area contributed by atoms with E-state index in [1.54, 1.807) is 0 Å². The summed E-state index contributed by atoms with van der Waals surface area (Å²) in [5.41, 5.74) is 1.05. The zero-order valence-electron chi connectivity index (χ0n) is 11.0. The fourth-order valence-corrected chi connectivity index (χ4v) is 1.61. The Hall–Kier alpha value is -2.82. The molecule has 2 aromatic rings. The van der Waals surface area contributed by atoms with Crippen LogP contribution in [0.15, 0.2) is 48.5 Å². The lowest BCUT2D eigenvalue weighted by Crippen LogP contribution is -2.00. The lowest BCUT2D eigenvalue weighted by atomic mass is 10.2. The number of halogens is 1. The second kappa shape index (κ2) is 6.56. The van der Waals surface area contributed by atoms with Crippen LogP contribution in [0.4, 0.5) is 4.39 Å². The van der Waals surface area contributed by atoms with Gasteiger partial charge in [-0.1, -0.05) is 12.1 Å². The topological polar surface area (TPSA) is 66.8 Å². The number of phenols is 2. The molecule has 4 nitrogen and oxygen atoms in total. The molecule has 0 radical (unpaired) electrons. The molecule has 21 heavy (non-hydrogen) atoms. The van der Waals surface area contributed by atoms with Crippen molar-refractivity contribution in [2.24, 2.45) is 0 Å². The molecule has 5 heteroatoms. The van der Waals surface area contributed by atoms with E-state index in [0.29, 0.717) is 11.1 Å². The lowest BCUT2D eigenvalue weighted by molar-refractivity contribution is -0.138. The van der Waals surface area contributed by atoms with Crippen molar-refractivity contribution in [1.29, 1.82) is 0 Å². The molecule has 0 aliphatic heterocycles. The van der Waals surface area contributed by atoms with Crippen molar-refractivity contribution >= 4 is 12.0 Å². The molecule has 0 bridgehead atoms. The van der Waals surface area contributed by atoms with Gasteiger partial charge in [-0.15, -0.1) is 0 Å². The lowest BCUT2D eigenvalue weighted by Gasteiger charge is -2.02. The maximum atomic E-state index is 12.7. The first-order chi connectivity index (χ1) is 10.0. The summed E-state index contributed by atoms with van der Waals surface area (Å²) < 4.78 is 17.7. The molecule has 2 N–H and O–H groups in total. The number of hydrogen-bond donors (Lipinski definition) is 2. The number of phenolic OH excluding ortho intramolecular Hbond substituents is 2. The average Bonchev–Trinajstić information content (AvgIpc) is 2.46. The number of esters is 1. The Bertz CT molecular complexity index is 662. The fraction of sp³-hybridized carbons (Fsp3) is 0.0625. The summed E-state index contributed by atoms with van der Waals surface area (Å²) in [6, 6.07) is 9.65. The molecule has 0 spiro atoms. The number of benzene rings is 2. The minimum Gasteiger partial charge on any atom is -0.508 e. The van der Waals surface area contributed by atoms with E-state index in [1.165, 1.54) is 48.5 Å². The molecule has 0 aromatic heterocycles. The third-order valence-electron chi connectivity index (χ3n) is 2.71. The Morgan fingerprint density at radius 3 is 2.52 bits per heavy atom. The Labute approximate surface area is 120 Å². The monoisotopic (exact) mass is 288 g/mol. The average molecular weight is 288 g/mol. The molecule has 0 unspecified atom stereocenters. The fourth-order valence-electron chi connectivity index (χ4n) is 1.61. The van der Waals surface area contributed by atoms with Crippen molar-refractivity contribution < 1.29 is 24.1 Å². The number of carbonyl (C=O) groups is 1. The van der Waals surface area contributed by atoms with Crippen LogP contribution in [0.2, 0.25) is 0 Å². The first-order valence-corrected chi connectivity index (χ1v) is 6.16. The van der Waals surface area contributed by atoms with Crippen LogP contribution in [0, 0.1) is 5.82 Å². The van der Waals surface area contributed by atoms with Gasteiger partial charge < -0.3 is 14.9 Å². The van der Waals surface area contributed by atoms with Crippen molar-refractivity contribution in [3.05, 3.63) is 65.5 Å². The molecule has 0 aliphatic rings.